The van der Waals surface area contributed by atoms with Gasteiger partial charge >= 0.3 is 0 Å². The van der Waals surface area contributed by atoms with E-state index in [9.17, 15) is 9.90 Å². The van der Waals surface area contributed by atoms with Gasteiger partial charge in [-0.05, 0) is 45.6 Å². The first-order chi connectivity index (χ1) is 9.80. The van der Waals surface area contributed by atoms with Crippen molar-refractivity contribution in [1.29, 1.82) is 0 Å². The minimum atomic E-state index is -0.398. The van der Waals surface area contributed by atoms with Crippen LogP contribution in [0.3, 0.4) is 0 Å². The predicted octanol–water partition coefficient (Wildman–Crippen LogP) is 4.33. The quantitative estimate of drug-likeness (QED) is 0.535. The molecule has 0 saturated heterocycles. The van der Waals surface area contributed by atoms with Crippen LogP contribution < -0.4 is 0 Å². The lowest BCUT2D eigenvalue weighted by atomic mass is 9.76. The highest BCUT2D eigenvalue weighted by Crippen LogP contribution is 2.33. The lowest BCUT2D eigenvalue weighted by Gasteiger charge is -2.36. The van der Waals surface area contributed by atoms with Crippen molar-refractivity contribution in [3.63, 3.8) is 0 Å². The van der Waals surface area contributed by atoms with Crippen LogP contribution in [0, 0.1) is 11.3 Å². The van der Waals surface area contributed by atoms with Crippen LogP contribution in [-0.4, -0.2) is 35.4 Å². The highest BCUT2D eigenvalue weighted by molar-refractivity contribution is 5.99. The van der Waals surface area contributed by atoms with Crippen molar-refractivity contribution in [2.45, 2.75) is 72.3 Å². The molecule has 0 aromatic carbocycles. The van der Waals surface area contributed by atoms with E-state index < -0.39 is 5.41 Å². The predicted molar refractivity (Wildman–Crippen MR) is 88.5 cm³/mol. The molecule has 0 amide bonds. The summed E-state index contributed by atoms with van der Waals surface area (Å²) in [5.41, 5.74) is 0.0753. The van der Waals surface area contributed by atoms with E-state index >= 15 is 0 Å². The second kappa shape index (κ2) is 7.98. The molecule has 1 atom stereocenters. The van der Waals surface area contributed by atoms with Gasteiger partial charge in [0, 0.05) is 23.6 Å². The number of aliphatic hydroxyl groups excluding tert-OH is 1. The van der Waals surface area contributed by atoms with E-state index in [0.717, 1.165) is 25.6 Å². The summed E-state index contributed by atoms with van der Waals surface area (Å²) in [6.07, 6.45) is 8.00. The Labute approximate surface area is 130 Å². The molecule has 1 unspecified atom stereocenters. The van der Waals surface area contributed by atoms with E-state index in [-0.39, 0.29) is 5.78 Å². The van der Waals surface area contributed by atoms with E-state index in [0.29, 0.717) is 17.5 Å². The smallest absolute Gasteiger partial charge is 0.168 e. The molecule has 0 spiro atoms. The highest BCUT2D eigenvalue weighted by Gasteiger charge is 2.36. The van der Waals surface area contributed by atoms with Gasteiger partial charge in [-0.1, -0.05) is 33.6 Å². The van der Waals surface area contributed by atoms with Gasteiger partial charge in [0.15, 0.2) is 5.78 Å². The summed E-state index contributed by atoms with van der Waals surface area (Å²) < 4.78 is 0. The SMILES string of the molecule is C/C(=C\O)C(=O)C(C)(CCC(C)C)CN(C)C1CCCC1. The Hall–Kier alpha value is -0.830. The van der Waals surface area contributed by atoms with Crippen molar-refractivity contribution in [3.05, 3.63) is 11.8 Å². The molecule has 0 aromatic heterocycles. The molecule has 0 aromatic rings. The van der Waals surface area contributed by atoms with E-state index in [4.69, 9.17) is 0 Å². The molecule has 1 fully saturated rings. The van der Waals surface area contributed by atoms with Gasteiger partial charge in [-0.3, -0.25) is 4.79 Å². The van der Waals surface area contributed by atoms with Crippen LogP contribution in [0.4, 0.5) is 0 Å². The summed E-state index contributed by atoms with van der Waals surface area (Å²) in [7, 11) is 2.15. The maximum Gasteiger partial charge on any atom is 0.168 e. The summed E-state index contributed by atoms with van der Waals surface area (Å²) in [4.78, 5) is 15.1. The molecular weight excluding hydrogens is 262 g/mol. The van der Waals surface area contributed by atoms with Crippen LogP contribution in [-0.2, 0) is 4.79 Å². The van der Waals surface area contributed by atoms with Gasteiger partial charge < -0.3 is 10.0 Å². The second-order valence-corrected chi connectivity index (χ2v) is 7.49. The standard InChI is InChI=1S/C18H33NO2/c1-14(2)10-11-18(4,17(21)15(3)12-20)13-19(5)16-8-6-7-9-16/h12,14,16,20H,6-11,13H2,1-5H3/b15-12+. The Morgan fingerprint density at radius 1 is 1.38 bits per heavy atom. The summed E-state index contributed by atoms with van der Waals surface area (Å²) in [5, 5.41) is 9.20. The van der Waals surface area contributed by atoms with Gasteiger partial charge in [0.25, 0.3) is 0 Å². The van der Waals surface area contributed by atoms with E-state index in [2.05, 4.69) is 32.7 Å². The zero-order chi connectivity index (χ0) is 16.0. The van der Waals surface area contributed by atoms with Gasteiger partial charge in [-0.2, -0.15) is 0 Å². The van der Waals surface area contributed by atoms with Crippen LogP contribution in [0.25, 0.3) is 0 Å². The Bertz CT molecular complexity index is 369. The van der Waals surface area contributed by atoms with Crippen LogP contribution in [0.15, 0.2) is 11.8 Å². The zero-order valence-electron chi connectivity index (χ0n) is 14.5. The molecule has 0 radical (unpaired) electrons. The topological polar surface area (TPSA) is 40.5 Å². The number of Topliss-reactive ketones (excluding diaryl/α,β-unsaturated/α-hetero) is 1. The molecule has 1 saturated carbocycles. The maximum absolute atomic E-state index is 12.7. The number of allylic oxidation sites excluding steroid dienone is 1. The van der Waals surface area contributed by atoms with Crippen molar-refractivity contribution < 1.29 is 9.90 Å². The Balaban J connectivity index is 2.81. The average Bonchev–Trinajstić information content (AvgIpc) is 2.97. The Morgan fingerprint density at radius 2 is 1.95 bits per heavy atom. The first-order valence-corrected chi connectivity index (χ1v) is 8.36. The molecule has 0 aliphatic heterocycles. The number of hydrogen-bond acceptors (Lipinski definition) is 3. The van der Waals surface area contributed by atoms with E-state index in [1.165, 1.54) is 25.7 Å². The number of nitrogens with zero attached hydrogens (tertiary/aromatic N) is 1. The third-order valence-corrected chi connectivity index (χ3v) is 4.92. The van der Waals surface area contributed by atoms with Crippen LogP contribution in [0.1, 0.15) is 66.2 Å². The fourth-order valence-electron chi connectivity index (χ4n) is 3.43. The first-order valence-electron chi connectivity index (χ1n) is 8.36. The Kier molecular flexibility index (Phi) is 6.92. The monoisotopic (exact) mass is 295 g/mol. The first kappa shape index (κ1) is 18.2. The van der Waals surface area contributed by atoms with Gasteiger partial charge in [-0.25, -0.2) is 0 Å². The fraction of sp³-hybridized carbons (Fsp3) is 0.833. The minimum absolute atomic E-state index is 0.0931. The molecule has 0 heterocycles. The molecule has 3 nitrogen and oxygen atoms in total. The van der Waals surface area contributed by atoms with Crippen LogP contribution in [0.5, 0.6) is 0 Å². The molecule has 3 heteroatoms. The van der Waals surface area contributed by atoms with Crippen molar-refractivity contribution >= 4 is 5.78 Å². The number of rotatable bonds is 8. The molecular formula is C18H33NO2. The Morgan fingerprint density at radius 3 is 2.43 bits per heavy atom. The highest BCUT2D eigenvalue weighted by atomic mass is 16.2. The van der Waals surface area contributed by atoms with Crippen LogP contribution in [0.2, 0.25) is 0 Å². The van der Waals surface area contributed by atoms with Crippen LogP contribution >= 0.6 is 0 Å². The molecule has 1 rings (SSSR count). The van der Waals surface area contributed by atoms with Gasteiger partial charge in [0.05, 0.1) is 6.26 Å². The van der Waals surface area contributed by atoms with Gasteiger partial charge in [0.1, 0.15) is 0 Å². The lowest BCUT2D eigenvalue weighted by Crippen LogP contribution is -2.43. The van der Waals surface area contributed by atoms with E-state index in [1.807, 2.05) is 0 Å². The second-order valence-electron chi connectivity index (χ2n) is 7.49. The number of carbonyl (C=O) groups excluding carboxylic acids is 1. The molecule has 1 aliphatic rings. The molecule has 1 aliphatic carbocycles. The zero-order valence-corrected chi connectivity index (χ0v) is 14.5. The van der Waals surface area contributed by atoms with Crippen molar-refractivity contribution in [3.8, 4) is 0 Å². The number of carbonyl (C=O) groups is 1. The summed E-state index contributed by atoms with van der Waals surface area (Å²) in [6.45, 7) is 8.96. The summed E-state index contributed by atoms with van der Waals surface area (Å²) in [6, 6.07) is 0.620. The minimum Gasteiger partial charge on any atom is -0.515 e. The third kappa shape index (κ3) is 5.14. The van der Waals surface area contributed by atoms with E-state index in [1.54, 1.807) is 6.92 Å². The van der Waals surface area contributed by atoms with Crippen molar-refractivity contribution in [2.24, 2.45) is 11.3 Å². The number of hydrogen-bond donors (Lipinski definition) is 1. The number of ketones is 1. The third-order valence-electron chi connectivity index (χ3n) is 4.92. The fourth-order valence-corrected chi connectivity index (χ4v) is 3.43. The molecule has 122 valence electrons. The molecule has 1 N–H and O–H groups in total. The summed E-state index contributed by atoms with van der Waals surface area (Å²) in [5.74, 6) is 0.683. The van der Waals surface area contributed by atoms with Crippen molar-refractivity contribution in [1.82, 2.24) is 4.90 Å². The molecule has 21 heavy (non-hydrogen) atoms. The van der Waals surface area contributed by atoms with Gasteiger partial charge in [-0.15, -0.1) is 0 Å². The largest absolute Gasteiger partial charge is 0.515 e. The average molecular weight is 295 g/mol. The maximum atomic E-state index is 12.7. The van der Waals surface area contributed by atoms with Crippen molar-refractivity contribution in [2.75, 3.05) is 13.6 Å². The molecule has 0 bridgehead atoms. The normalized spacial score (nSPS) is 20.2. The number of aliphatic hydroxyl groups is 1. The lowest BCUT2D eigenvalue weighted by molar-refractivity contribution is -0.125. The van der Waals surface area contributed by atoms with Gasteiger partial charge in [0.2, 0.25) is 0 Å². The summed E-state index contributed by atoms with van der Waals surface area (Å²) >= 11 is 0.